The van der Waals surface area contributed by atoms with E-state index in [1.165, 1.54) is 18.5 Å². The van der Waals surface area contributed by atoms with Gasteiger partial charge >= 0.3 is 6.18 Å². The van der Waals surface area contributed by atoms with Gasteiger partial charge in [-0.2, -0.15) is 13.2 Å². The van der Waals surface area contributed by atoms with Crippen LogP contribution in [0.3, 0.4) is 0 Å². The van der Waals surface area contributed by atoms with Crippen LogP contribution < -0.4 is 5.56 Å². The lowest BCUT2D eigenvalue weighted by Crippen LogP contribution is -2.08. The SMILES string of the molecule is O=c1cc(-c2ccc(C(F)(F)F)nc2)nc[nH]1. The summed E-state index contributed by atoms with van der Waals surface area (Å²) in [5, 5.41) is 0. The molecule has 0 unspecified atom stereocenters. The predicted octanol–water partition coefficient (Wildman–Crippen LogP) is 1.85. The summed E-state index contributed by atoms with van der Waals surface area (Å²) in [6, 6.07) is 3.25. The highest BCUT2D eigenvalue weighted by Crippen LogP contribution is 2.28. The molecule has 1 N–H and O–H groups in total. The average molecular weight is 241 g/mol. The maximum absolute atomic E-state index is 12.3. The molecule has 17 heavy (non-hydrogen) atoms. The van der Waals surface area contributed by atoms with Crippen molar-refractivity contribution in [2.45, 2.75) is 6.18 Å². The number of nitrogens with zero attached hydrogens (tertiary/aromatic N) is 2. The van der Waals surface area contributed by atoms with Crippen LogP contribution in [0.25, 0.3) is 11.3 Å². The third-order valence-electron chi connectivity index (χ3n) is 2.03. The normalized spacial score (nSPS) is 11.5. The molecule has 0 aromatic carbocycles. The van der Waals surface area contributed by atoms with Crippen molar-refractivity contribution < 1.29 is 13.2 Å². The van der Waals surface area contributed by atoms with E-state index in [-0.39, 0.29) is 11.3 Å². The second-order valence-electron chi connectivity index (χ2n) is 3.23. The van der Waals surface area contributed by atoms with Gasteiger partial charge < -0.3 is 4.98 Å². The zero-order valence-electron chi connectivity index (χ0n) is 8.32. The van der Waals surface area contributed by atoms with Crippen molar-refractivity contribution in [3.63, 3.8) is 0 Å². The van der Waals surface area contributed by atoms with Crippen molar-refractivity contribution in [2.75, 3.05) is 0 Å². The second-order valence-corrected chi connectivity index (χ2v) is 3.23. The Morgan fingerprint density at radius 3 is 2.47 bits per heavy atom. The minimum absolute atomic E-state index is 0.273. The van der Waals surface area contributed by atoms with Crippen LogP contribution in [-0.2, 0) is 6.18 Å². The van der Waals surface area contributed by atoms with Gasteiger partial charge in [-0.3, -0.25) is 9.78 Å². The Hall–Kier alpha value is -2.18. The summed E-state index contributed by atoms with van der Waals surface area (Å²) in [5.74, 6) is 0. The first-order valence-electron chi connectivity index (χ1n) is 4.55. The van der Waals surface area contributed by atoms with Gasteiger partial charge in [-0.15, -0.1) is 0 Å². The molecule has 0 spiro atoms. The maximum atomic E-state index is 12.3. The van der Waals surface area contributed by atoms with Crippen LogP contribution in [0.1, 0.15) is 5.69 Å². The fraction of sp³-hybridized carbons (Fsp3) is 0.100. The van der Waals surface area contributed by atoms with Gasteiger partial charge in [0, 0.05) is 17.8 Å². The Labute approximate surface area is 93.2 Å². The molecule has 0 saturated heterocycles. The van der Waals surface area contributed by atoms with E-state index in [1.54, 1.807) is 0 Å². The Morgan fingerprint density at radius 1 is 1.18 bits per heavy atom. The van der Waals surface area contributed by atoms with Gasteiger partial charge in [-0.1, -0.05) is 0 Å². The van der Waals surface area contributed by atoms with E-state index in [9.17, 15) is 18.0 Å². The summed E-state index contributed by atoms with van der Waals surface area (Å²) in [7, 11) is 0. The number of alkyl halides is 3. The highest BCUT2D eigenvalue weighted by atomic mass is 19.4. The number of rotatable bonds is 1. The molecule has 0 fully saturated rings. The van der Waals surface area contributed by atoms with Crippen LogP contribution in [0.5, 0.6) is 0 Å². The lowest BCUT2D eigenvalue weighted by molar-refractivity contribution is -0.141. The van der Waals surface area contributed by atoms with Gasteiger partial charge in [-0.05, 0) is 12.1 Å². The fourth-order valence-electron chi connectivity index (χ4n) is 1.24. The highest BCUT2D eigenvalue weighted by molar-refractivity contribution is 5.56. The maximum Gasteiger partial charge on any atom is 0.433 e. The molecule has 2 rings (SSSR count). The molecule has 0 saturated carbocycles. The number of pyridine rings is 1. The Bertz CT molecular complexity index is 574. The molecule has 2 heterocycles. The van der Waals surface area contributed by atoms with E-state index in [1.807, 2.05) is 0 Å². The van der Waals surface area contributed by atoms with E-state index in [0.717, 1.165) is 12.3 Å². The van der Waals surface area contributed by atoms with Crippen LogP contribution in [0, 0.1) is 0 Å². The summed E-state index contributed by atoms with van der Waals surface area (Å²) in [6.07, 6.45) is -2.26. The van der Waals surface area contributed by atoms with Crippen molar-refractivity contribution in [2.24, 2.45) is 0 Å². The molecule has 0 aliphatic rings. The molecule has 2 aromatic rings. The zero-order chi connectivity index (χ0) is 12.5. The smallest absolute Gasteiger partial charge is 0.313 e. The van der Waals surface area contributed by atoms with Gasteiger partial charge in [0.15, 0.2) is 0 Å². The van der Waals surface area contributed by atoms with Crippen LogP contribution >= 0.6 is 0 Å². The summed E-state index contributed by atoms with van der Waals surface area (Å²) in [4.78, 5) is 20.4. The van der Waals surface area contributed by atoms with E-state index >= 15 is 0 Å². The molecular weight excluding hydrogens is 235 g/mol. The average Bonchev–Trinajstić information content (AvgIpc) is 2.28. The molecule has 88 valence electrons. The molecule has 0 aliphatic carbocycles. The van der Waals surface area contributed by atoms with Crippen molar-refractivity contribution in [1.29, 1.82) is 0 Å². The Kier molecular flexibility index (Phi) is 2.66. The Morgan fingerprint density at radius 2 is 1.94 bits per heavy atom. The van der Waals surface area contributed by atoms with Gasteiger partial charge in [0.25, 0.3) is 5.56 Å². The number of halogens is 3. The molecular formula is C10H6F3N3O. The first-order valence-corrected chi connectivity index (χ1v) is 4.55. The zero-order valence-corrected chi connectivity index (χ0v) is 8.32. The summed E-state index contributed by atoms with van der Waals surface area (Å²) in [6.45, 7) is 0. The molecule has 2 aromatic heterocycles. The topological polar surface area (TPSA) is 58.6 Å². The summed E-state index contributed by atoms with van der Waals surface area (Å²) < 4.78 is 36.8. The van der Waals surface area contributed by atoms with E-state index in [2.05, 4.69) is 15.0 Å². The molecule has 0 radical (unpaired) electrons. The minimum atomic E-state index is -4.47. The molecule has 0 atom stereocenters. The first-order chi connectivity index (χ1) is 7.97. The first kappa shape index (κ1) is 11.3. The minimum Gasteiger partial charge on any atom is -0.313 e. The van der Waals surface area contributed by atoms with Gasteiger partial charge in [-0.25, -0.2) is 4.98 Å². The summed E-state index contributed by atoms with van der Waals surface area (Å²) in [5.41, 5.74) is -0.736. The van der Waals surface area contributed by atoms with Gasteiger partial charge in [0.1, 0.15) is 5.69 Å². The van der Waals surface area contributed by atoms with Crippen molar-refractivity contribution in [1.82, 2.24) is 15.0 Å². The third-order valence-corrected chi connectivity index (χ3v) is 2.03. The van der Waals surface area contributed by atoms with Crippen molar-refractivity contribution >= 4 is 0 Å². The monoisotopic (exact) mass is 241 g/mol. The van der Waals surface area contributed by atoms with Crippen molar-refractivity contribution in [3.05, 3.63) is 46.8 Å². The number of aromatic nitrogens is 3. The van der Waals surface area contributed by atoms with Crippen LogP contribution in [0.15, 0.2) is 35.5 Å². The fourth-order valence-corrected chi connectivity index (χ4v) is 1.24. The molecule has 0 amide bonds. The molecule has 7 heteroatoms. The van der Waals surface area contributed by atoms with Crippen LogP contribution in [-0.4, -0.2) is 15.0 Å². The number of H-pyrrole nitrogens is 1. The molecule has 0 aliphatic heterocycles. The van der Waals surface area contributed by atoms with Gasteiger partial charge in [0.05, 0.1) is 12.0 Å². The largest absolute Gasteiger partial charge is 0.433 e. The quantitative estimate of drug-likeness (QED) is 0.828. The standard InChI is InChI=1S/C10H6F3N3O/c11-10(12,13)8-2-1-6(4-14-8)7-3-9(17)16-5-15-7/h1-5H,(H,15,16,17). The number of hydrogen-bond donors (Lipinski definition) is 1. The third kappa shape index (κ3) is 2.49. The summed E-state index contributed by atoms with van der Waals surface area (Å²) >= 11 is 0. The Balaban J connectivity index is 2.39. The highest BCUT2D eigenvalue weighted by Gasteiger charge is 2.32. The van der Waals surface area contributed by atoms with Crippen LogP contribution in [0.4, 0.5) is 13.2 Å². The van der Waals surface area contributed by atoms with Gasteiger partial charge in [0.2, 0.25) is 0 Å². The van der Waals surface area contributed by atoms with Crippen LogP contribution in [0.2, 0.25) is 0 Å². The molecule has 0 bridgehead atoms. The lowest BCUT2D eigenvalue weighted by Gasteiger charge is -2.05. The number of hydrogen-bond acceptors (Lipinski definition) is 3. The predicted molar refractivity (Wildman–Crippen MR) is 53.1 cm³/mol. The van der Waals surface area contributed by atoms with E-state index < -0.39 is 11.9 Å². The van der Waals surface area contributed by atoms with E-state index in [4.69, 9.17) is 0 Å². The van der Waals surface area contributed by atoms with Crippen molar-refractivity contribution in [3.8, 4) is 11.3 Å². The lowest BCUT2D eigenvalue weighted by atomic mass is 10.2. The second kappa shape index (κ2) is 4.00. The number of aromatic amines is 1. The van der Waals surface area contributed by atoms with E-state index in [0.29, 0.717) is 5.56 Å². The number of nitrogens with one attached hydrogen (secondary N) is 1. The molecule has 4 nitrogen and oxygen atoms in total.